The van der Waals surface area contributed by atoms with Crippen LogP contribution in [0.25, 0.3) is 0 Å². The second-order valence-electron chi connectivity index (χ2n) is 1.45. The molecular weight excluding hydrogens is 106 g/mol. The van der Waals surface area contributed by atoms with Gasteiger partial charge in [0.15, 0.2) is 0 Å². The quantitative estimate of drug-likeness (QED) is 0.515. The third-order valence-corrected chi connectivity index (χ3v) is 2.33. The summed E-state index contributed by atoms with van der Waals surface area (Å²) in [6.45, 7) is 2.07. The highest BCUT2D eigenvalue weighted by molar-refractivity contribution is 6.47. The van der Waals surface area contributed by atoms with E-state index >= 15 is 0 Å². The molecule has 0 aliphatic carbocycles. The standard InChI is InChI=1S/C4H12NOSi/c1-3-4-7(6)5-2/h5-6H,3-4H2,1-2H3. The molecule has 0 aliphatic rings. The monoisotopic (exact) mass is 118 g/mol. The summed E-state index contributed by atoms with van der Waals surface area (Å²) in [5, 5.41) is 0. The molecule has 43 valence electrons. The third-order valence-electron chi connectivity index (χ3n) is 0.775. The van der Waals surface area contributed by atoms with Crippen molar-refractivity contribution in [2.45, 2.75) is 19.4 Å². The molecule has 0 aromatic heterocycles. The van der Waals surface area contributed by atoms with Crippen molar-refractivity contribution >= 4 is 9.20 Å². The van der Waals surface area contributed by atoms with E-state index in [0.29, 0.717) is 0 Å². The lowest BCUT2D eigenvalue weighted by molar-refractivity contribution is 0.551. The summed E-state index contributed by atoms with van der Waals surface area (Å²) in [6.07, 6.45) is 1.08. The Morgan fingerprint density at radius 2 is 2.29 bits per heavy atom. The van der Waals surface area contributed by atoms with Crippen molar-refractivity contribution in [2.75, 3.05) is 7.05 Å². The molecule has 0 rings (SSSR count). The van der Waals surface area contributed by atoms with Crippen LogP contribution in [0.3, 0.4) is 0 Å². The predicted octanol–water partition coefficient (Wildman–Crippen LogP) is 0.0963. The van der Waals surface area contributed by atoms with Gasteiger partial charge in [0.25, 0.3) is 9.20 Å². The fraction of sp³-hybridized carbons (Fsp3) is 1.00. The van der Waals surface area contributed by atoms with Gasteiger partial charge in [-0.3, -0.25) is 0 Å². The van der Waals surface area contributed by atoms with Crippen LogP contribution in [0.5, 0.6) is 0 Å². The SMILES string of the molecule is CCC[Si](O)NC. The zero-order chi connectivity index (χ0) is 5.70. The van der Waals surface area contributed by atoms with Gasteiger partial charge in [0.1, 0.15) is 0 Å². The van der Waals surface area contributed by atoms with Crippen LogP contribution < -0.4 is 4.98 Å². The van der Waals surface area contributed by atoms with Crippen LogP contribution in [0.2, 0.25) is 6.04 Å². The molecule has 0 fully saturated rings. The van der Waals surface area contributed by atoms with Gasteiger partial charge in [-0.2, -0.15) is 0 Å². The molecule has 0 heterocycles. The fourth-order valence-electron chi connectivity index (χ4n) is 0.362. The topological polar surface area (TPSA) is 32.3 Å². The summed E-state index contributed by atoms with van der Waals surface area (Å²) in [4.78, 5) is 11.7. The molecule has 0 spiro atoms. The van der Waals surface area contributed by atoms with E-state index in [4.69, 9.17) is 4.80 Å². The number of hydrogen-bond donors (Lipinski definition) is 2. The molecule has 0 unspecified atom stereocenters. The maximum absolute atomic E-state index is 8.85. The summed E-state index contributed by atoms with van der Waals surface area (Å²) in [7, 11) is 0.666. The number of hydrogen-bond acceptors (Lipinski definition) is 2. The first kappa shape index (κ1) is 7.14. The highest BCUT2D eigenvalue weighted by atomic mass is 28.3. The molecule has 0 bridgehead atoms. The minimum absolute atomic E-state index is 0.946. The zero-order valence-corrected chi connectivity index (χ0v) is 5.86. The molecule has 3 heteroatoms. The average Bonchev–Trinajstić information content (AvgIpc) is 1.68. The van der Waals surface area contributed by atoms with Crippen molar-refractivity contribution in [1.82, 2.24) is 4.98 Å². The van der Waals surface area contributed by atoms with Gasteiger partial charge in [-0.05, 0) is 13.1 Å². The Kier molecular flexibility index (Phi) is 4.38. The highest BCUT2D eigenvalue weighted by Gasteiger charge is 2.00. The van der Waals surface area contributed by atoms with Crippen LogP contribution in [0, 0.1) is 0 Å². The Balaban J connectivity index is 2.83. The van der Waals surface area contributed by atoms with Crippen LogP contribution in [-0.2, 0) is 0 Å². The van der Waals surface area contributed by atoms with Crippen molar-refractivity contribution in [3.05, 3.63) is 0 Å². The van der Waals surface area contributed by atoms with Crippen molar-refractivity contribution < 1.29 is 4.80 Å². The Bertz CT molecular complexity index is 42.7. The summed E-state index contributed by atoms with van der Waals surface area (Å²) < 4.78 is 0. The molecule has 2 nitrogen and oxygen atoms in total. The van der Waals surface area contributed by atoms with Crippen LogP contribution in [0.1, 0.15) is 13.3 Å². The van der Waals surface area contributed by atoms with E-state index < -0.39 is 9.20 Å². The Hall–Kier alpha value is 0.137. The smallest absolute Gasteiger partial charge is 0.299 e. The molecule has 0 saturated heterocycles. The lowest BCUT2D eigenvalue weighted by atomic mass is 10.6. The molecule has 0 atom stereocenters. The third kappa shape index (κ3) is 3.98. The minimum atomic E-state index is -1.13. The van der Waals surface area contributed by atoms with Crippen LogP contribution in [0.4, 0.5) is 0 Å². The van der Waals surface area contributed by atoms with Gasteiger partial charge < -0.3 is 9.78 Å². The zero-order valence-electron chi connectivity index (χ0n) is 4.86. The number of rotatable bonds is 3. The molecule has 0 saturated carbocycles. The lowest BCUT2D eigenvalue weighted by Crippen LogP contribution is -2.29. The second kappa shape index (κ2) is 4.30. The van der Waals surface area contributed by atoms with Crippen molar-refractivity contribution in [2.24, 2.45) is 0 Å². The molecule has 2 N–H and O–H groups in total. The van der Waals surface area contributed by atoms with Crippen molar-refractivity contribution in [3.63, 3.8) is 0 Å². The maximum Gasteiger partial charge on any atom is 0.299 e. The highest BCUT2D eigenvalue weighted by Crippen LogP contribution is 1.87. The Morgan fingerprint density at radius 3 is 2.43 bits per heavy atom. The van der Waals surface area contributed by atoms with E-state index in [2.05, 4.69) is 11.9 Å². The van der Waals surface area contributed by atoms with Crippen LogP contribution in [0.15, 0.2) is 0 Å². The molecule has 0 aromatic carbocycles. The van der Waals surface area contributed by atoms with E-state index in [-0.39, 0.29) is 0 Å². The summed E-state index contributed by atoms with van der Waals surface area (Å²) >= 11 is 0. The average molecular weight is 118 g/mol. The van der Waals surface area contributed by atoms with E-state index in [1.54, 1.807) is 7.05 Å². The first-order chi connectivity index (χ1) is 3.31. The van der Waals surface area contributed by atoms with Gasteiger partial charge in [-0.25, -0.2) is 0 Å². The maximum atomic E-state index is 8.85. The number of nitrogens with one attached hydrogen (secondary N) is 1. The molecule has 0 aromatic rings. The molecule has 0 aliphatic heterocycles. The van der Waals surface area contributed by atoms with Crippen molar-refractivity contribution in [3.8, 4) is 0 Å². The van der Waals surface area contributed by atoms with Gasteiger partial charge in [0.05, 0.1) is 0 Å². The first-order valence-electron chi connectivity index (χ1n) is 2.53. The van der Waals surface area contributed by atoms with Gasteiger partial charge in [0, 0.05) is 0 Å². The van der Waals surface area contributed by atoms with Gasteiger partial charge in [0.2, 0.25) is 0 Å². The Labute approximate surface area is 46.4 Å². The second-order valence-corrected chi connectivity index (χ2v) is 3.34. The van der Waals surface area contributed by atoms with E-state index in [1.165, 1.54) is 0 Å². The predicted molar refractivity (Wildman–Crippen MR) is 32.1 cm³/mol. The summed E-state index contributed by atoms with van der Waals surface area (Å²) in [5.41, 5.74) is 0. The Morgan fingerprint density at radius 1 is 1.71 bits per heavy atom. The van der Waals surface area contributed by atoms with E-state index in [1.807, 2.05) is 0 Å². The summed E-state index contributed by atoms with van der Waals surface area (Å²) in [6, 6.07) is 0.946. The van der Waals surface area contributed by atoms with E-state index in [9.17, 15) is 0 Å². The van der Waals surface area contributed by atoms with Gasteiger partial charge in [-0.15, -0.1) is 0 Å². The molecule has 0 amide bonds. The van der Waals surface area contributed by atoms with Crippen LogP contribution in [-0.4, -0.2) is 21.0 Å². The minimum Gasteiger partial charge on any atom is -0.419 e. The van der Waals surface area contributed by atoms with Crippen LogP contribution >= 0.6 is 0 Å². The molecule has 7 heavy (non-hydrogen) atoms. The molecular formula is C4H12NOSi. The van der Waals surface area contributed by atoms with Gasteiger partial charge >= 0.3 is 0 Å². The fourth-order valence-corrected chi connectivity index (χ4v) is 1.09. The largest absolute Gasteiger partial charge is 0.419 e. The van der Waals surface area contributed by atoms with E-state index in [0.717, 1.165) is 12.5 Å². The first-order valence-corrected chi connectivity index (χ1v) is 4.19. The lowest BCUT2D eigenvalue weighted by Gasteiger charge is -1.99. The van der Waals surface area contributed by atoms with Crippen molar-refractivity contribution in [1.29, 1.82) is 0 Å². The normalized spacial score (nSPS) is 10.3. The summed E-state index contributed by atoms with van der Waals surface area (Å²) in [5.74, 6) is 0. The molecule has 1 radical (unpaired) electrons. The van der Waals surface area contributed by atoms with Gasteiger partial charge in [-0.1, -0.05) is 13.3 Å².